The molecule has 0 saturated carbocycles. The van der Waals surface area contributed by atoms with Gasteiger partial charge in [0.2, 0.25) is 5.91 Å². The normalized spacial score (nSPS) is 16.9. The summed E-state index contributed by atoms with van der Waals surface area (Å²) < 4.78 is 31.8. The van der Waals surface area contributed by atoms with Crippen molar-refractivity contribution in [1.29, 1.82) is 0 Å². The van der Waals surface area contributed by atoms with Crippen molar-refractivity contribution >= 4 is 17.5 Å². The van der Waals surface area contributed by atoms with Gasteiger partial charge < -0.3 is 9.42 Å². The first-order valence-electron chi connectivity index (χ1n) is 8.31. The van der Waals surface area contributed by atoms with Crippen molar-refractivity contribution < 1.29 is 18.1 Å². The maximum atomic E-state index is 13.3. The minimum Gasteiger partial charge on any atom is -0.338 e. The minimum atomic E-state index is -0.497. The fraction of sp³-hybridized carbons (Fsp3) is 0.211. The molecular weight excluding hydrogens is 376 g/mol. The highest BCUT2D eigenvalue weighted by molar-refractivity contribution is 6.30. The molecule has 1 atom stereocenters. The van der Waals surface area contributed by atoms with Gasteiger partial charge in [0.25, 0.3) is 5.89 Å². The van der Waals surface area contributed by atoms with Crippen LogP contribution >= 0.6 is 11.6 Å². The topological polar surface area (TPSA) is 59.2 Å². The lowest BCUT2D eigenvalue weighted by Crippen LogP contribution is -2.24. The Bertz CT molecular complexity index is 1010. The molecule has 3 aromatic rings. The first kappa shape index (κ1) is 17.6. The van der Waals surface area contributed by atoms with Crippen molar-refractivity contribution in [2.45, 2.75) is 18.9 Å². The monoisotopic (exact) mass is 389 g/mol. The minimum absolute atomic E-state index is 0.0219. The average molecular weight is 390 g/mol. The number of aromatic nitrogens is 2. The van der Waals surface area contributed by atoms with Crippen LogP contribution in [0.4, 0.5) is 8.78 Å². The molecule has 1 aromatic heterocycles. The Morgan fingerprint density at radius 1 is 1.22 bits per heavy atom. The smallest absolute Gasteiger partial charge is 0.258 e. The van der Waals surface area contributed by atoms with Crippen LogP contribution in [0.1, 0.15) is 23.7 Å². The number of halogens is 3. The third-order valence-electron chi connectivity index (χ3n) is 4.45. The molecule has 4 rings (SSSR count). The lowest BCUT2D eigenvalue weighted by molar-refractivity contribution is -0.128. The third-order valence-corrected chi connectivity index (χ3v) is 4.74. The van der Waals surface area contributed by atoms with Crippen LogP contribution < -0.4 is 0 Å². The fourth-order valence-corrected chi connectivity index (χ4v) is 3.30. The highest BCUT2D eigenvalue weighted by atomic mass is 35.5. The van der Waals surface area contributed by atoms with Crippen LogP contribution in [-0.2, 0) is 11.3 Å². The summed E-state index contributed by atoms with van der Waals surface area (Å²) in [6.07, 6.45) is 0.247. The summed E-state index contributed by atoms with van der Waals surface area (Å²) in [6.45, 7) is 0.736. The third kappa shape index (κ3) is 3.68. The summed E-state index contributed by atoms with van der Waals surface area (Å²) in [4.78, 5) is 18.3. The van der Waals surface area contributed by atoms with E-state index >= 15 is 0 Å². The molecule has 0 spiro atoms. The quantitative estimate of drug-likeness (QED) is 0.671. The number of hydrogen-bond acceptors (Lipinski definition) is 4. The molecule has 5 nitrogen and oxygen atoms in total. The molecule has 1 aliphatic rings. The molecule has 0 radical (unpaired) electrons. The van der Waals surface area contributed by atoms with Gasteiger partial charge in [-0.05, 0) is 35.9 Å². The molecule has 0 aliphatic carbocycles. The Labute approximate surface area is 158 Å². The Morgan fingerprint density at radius 3 is 2.85 bits per heavy atom. The summed E-state index contributed by atoms with van der Waals surface area (Å²) in [7, 11) is 0. The predicted molar refractivity (Wildman–Crippen MR) is 93.9 cm³/mol. The SMILES string of the molecule is O=C1CC(c2noc(-c3cccc(F)c3)n2)CN1Cc1ccc(F)c(Cl)c1. The molecule has 27 heavy (non-hydrogen) atoms. The van der Waals surface area contributed by atoms with Crippen LogP contribution in [0.3, 0.4) is 0 Å². The van der Waals surface area contributed by atoms with Crippen molar-refractivity contribution in [3.63, 3.8) is 0 Å². The van der Waals surface area contributed by atoms with E-state index in [1.54, 1.807) is 23.1 Å². The van der Waals surface area contributed by atoms with Gasteiger partial charge in [-0.25, -0.2) is 8.78 Å². The van der Waals surface area contributed by atoms with E-state index in [4.69, 9.17) is 16.1 Å². The van der Waals surface area contributed by atoms with Gasteiger partial charge in [0, 0.05) is 31.0 Å². The standard InChI is InChI=1S/C19H14ClF2N3O2/c20-15-6-11(4-5-16(15)22)9-25-10-13(8-17(25)26)18-23-19(27-24-18)12-2-1-3-14(21)7-12/h1-7,13H,8-10H2. The van der Waals surface area contributed by atoms with Crippen LogP contribution in [0.25, 0.3) is 11.5 Å². The molecular formula is C19H14ClF2N3O2. The van der Waals surface area contributed by atoms with E-state index in [-0.39, 0.29) is 29.2 Å². The highest BCUT2D eigenvalue weighted by Crippen LogP contribution is 2.29. The lowest BCUT2D eigenvalue weighted by atomic mass is 10.1. The lowest BCUT2D eigenvalue weighted by Gasteiger charge is -2.16. The number of hydrogen-bond donors (Lipinski definition) is 0. The molecule has 0 N–H and O–H groups in total. The first-order valence-corrected chi connectivity index (χ1v) is 8.68. The van der Waals surface area contributed by atoms with Gasteiger partial charge in [0.1, 0.15) is 11.6 Å². The summed E-state index contributed by atoms with van der Waals surface area (Å²) in [6, 6.07) is 10.2. The van der Waals surface area contributed by atoms with E-state index in [0.717, 1.165) is 5.56 Å². The van der Waals surface area contributed by atoms with Crippen molar-refractivity contribution in [2.24, 2.45) is 0 Å². The van der Waals surface area contributed by atoms with Gasteiger partial charge in [-0.1, -0.05) is 28.9 Å². The van der Waals surface area contributed by atoms with Crippen molar-refractivity contribution in [1.82, 2.24) is 15.0 Å². The number of rotatable bonds is 4. The van der Waals surface area contributed by atoms with Crippen molar-refractivity contribution in [3.05, 3.63) is 70.5 Å². The van der Waals surface area contributed by atoms with Gasteiger partial charge in [0.15, 0.2) is 5.82 Å². The predicted octanol–water partition coefficient (Wildman–Crippen LogP) is 4.18. The summed E-state index contributed by atoms with van der Waals surface area (Å²) >= 11 is 5.79. The van der Waals surface area contributed by atoms with E-state index in [1.807, 2.05) is 0 Å². The molecule has 1 amide bonds. The summed E-state index contributed by atoms with van der Waals surface area (Å²) in [5.74, 6) is -0.560. The molecule has 2 heterocycles. The van der Waals surface area contributed by atoms with Crippen molar-refractivity contribution in [2.75, 3.05) is 6.54 Å². The second-order valence-corrected chi connectivity index (χ2v) is 6.80. The number of carbonyl (C=O) groups is 1. The van der Waals surface area contributed by atoms with Crippen LogP contribution in [0.2, 0.25) is 5.02 Å². The van der Waals surface area contributed by atoms with Crippen molar-refractivity contribution in [3.8, 4) is 11.5 Å². The Kier molecular flexibility index (Phi) is 4.61. The molecule has 8 heteroatoms. The second kappa shape index (κ2) is 7.08. The van der Waals surface area contributed by atoms with E-state index in [9.17, 15) is 13.6 Å². The summed E-state index contributed by atoms with van der Waals surface area (Å²) in [5.41, 5.74) is 1.22. The van der Waals surface area contributed by atoms with E-state index in [1.165, 1.54) is 24.3 Å². The fourth-order valence-electron chi connectivity index (χ4n) is 3.10. The highest BCUT2D eigenvalue weighted by Gasteiger charge is 2.33. The van der Waals surface area contributed by atoms with Crippen LogP contribution in [0.5, 0.6) is 0 Å². The zero-order valence-corrected chi connectivity index (χ0v) is 14.8. The van der Waals surface area contributed by atoms with Gasteiger partial charge in [-0.2, -0.15) is 4.98 Å². The van der Waals surface area contributed by atoms with Gasteiger partial charge >= 0.3 is 0 Å². The Hall–Kier alpha value is -2.80. The zero-order valence-electron chi connectivity index (χ0n) is 14.0. The summed E-state index contributed by atoms with van der Waals surface area (Å²) in [5, 5.41) is 3.97. The van der Waals surface area contributed by atoms with Crippen LogP contribution in [0, 0.1) is 11.6 Å². The maximum Gasteiger partial charge on any atom is 0.258 e. The molecule has 2 aromatic carbocycles. The Morgan fingerprint density at radius 2 is 2.07 bits per heavy atom. The number of carbonyl (C=O) groups excluding carboxylic acids is 1. The number of likely N-dealkylation sites (tertiary alicyclic amines) is 1. The molecule has 1 aliphatic heterocycles. The average Bonchev–Trinajstić information content (AvgIpc) is 3.26. The van der Waals surface area contributed by atoms with E-state index in [2.05, 4.69) is 10.1 Å². The van der Waals surface area contributed by atoms with E-state index < -0.39 is 11.6 Å². The van der Waals surface area contributed by atoms with E-state index in [0.29, 0.717) is 24.5 Å². The number of nitrogens with zero attached hydrogens (tertiary/aromatic N) is 3. The zero-order chi connectivity index (χ0) is 19.0. The van der Waals surface area contributed by atoms with Gasteiger partial charge in [-0.15, -0.1) is 0 Å². The molecule has 1 saturated heterocycles. The molecule has 1 fully saturated rings. The molecule has 0 bridgehead atoms. The Balaban J connectivity index is 1.48. The first-order chi connectivity index (χ1) is 13.0. The van der Waals surface area contributed by atoms with Crippen LogP contribution in [-0.4, -0.2) is 27.5 Å². The molecule has 1 unspecified atom stereocenters. The van der Waals surface area contributed by atoms with Gasteiger partial charge in [0.05, 0.1) is 5.02 Å². The largest absolute Gasteiger partial charge is 0.338 e. The maximum absolute atomic E-state index is 13.3. The van der Waals surface area contributed by atoms with Gasteiger partial charge in [-0.3, -0.25) is 4.79 Å². The second-order valence-electron chi connectivity index (χ2n) is 6.39. The number of amides is 1. The number of benzene rings is 2. The van der Waals surface area contributed by atoms with Crippen LogP contribution in [0.15, 0.2) is 47.0 Å². The molecule has 138 valence electrons.